The highest BCUT2D eigenvalue weighted by atomic mass is 35.5. The Balaban J connectivity index is 1.94. The minimum Gasteiger partial charge on any atom is -0.395 e. The average molecular weight is 303 g/mol. The molecule has 4 nitrogen and oxygen atoms in total. The molecule has 0 radical (unpaired) electrons. The molecule has 1 fully saturated rings. The van der Waals surface area contributed by atoms with Gasteiger partial charge in [-0.05, 0) is 31.0 Å². The van der Waals surface area contributed by atoms with Gasteiger partial charge < -0.3 is 10.4 Å². The van der Waals surface area contributed by atoms with Crippen LogP contribution in [0.2, 0.25) is 10.0 Å². The Hall–Kier alpha value is -0.810. The third kappa shape index (κ3) is 4.35. The second-order valence-corrected chi connectivity index (χ2v) is 5.44. The van der Waals surface area contributed by atoms with Crippen molar-refractivity contribution in [3.05, 3.63) is 28.2 Å². The van der Waals surface area contributed by atoms with Crippen LogP contribution in [0.1, 0.15) is 12.8 Å². The predicted molar refractivity (Wildman–Crippen MR) is 76.8 cm³/mol. The Labute approximate surface area is 122 Å². The number of rotatable bonds is 6. The molecule has 1 aromatic carbocycles. The predicted octanol–water partition coefficient (Wildman–Crippen LogP) is 2.39. The molecule has 19 heavy (non-hydrogen) atoms. The molecule has 1 aliphatic rings. The number of nitrogens with zero attached hydrogens (tertiary/aromatic N) is 1. The fourth-order valence-electron chi connectivity index (χ4n) is 1.93. The largest absolute Gasteiger partial charge is 0.395 e. The van der Waals surface area contributed by atoms with Crippen LogP contribution in [-0.2, 0) is 4.79 Å². The monoisotopic (exact) mass is 302 g/mol. The SMILES string of the molecule is O=C(CN(CCO)C1CC1)Nc1cc(Cl)ccc1Cl. The number of anilines is 1. The molecule has 1 aromatic rings. The van der Waals surface area contributed by atoms with E-state index in [1.807, 2.05) is 4.90 Å². The number of halogens is 2. The minimum atomic E-state index is -0.149. The van der Waals surface area contributed by atoms with Crippen LogP contribution in [0.25, 0.3) is 0 Å². The van der Waals surface area contributed by atoms with Crippen LogP contribution in [0.3, 0.4) is 0 Å². The number of carbonyl (C=O) groups excluding carboxylic acids is 1. The second kappa shape index (κ2) is 6.57. The third-order valence-corrected chi connectivity index (χ3v) is 3.56. The molecule has 0 aliphatic heterocycles. The van der Waals surface area contributed by atoms with E-state index in [1.54, 1.807) is 18.2 Å². The Bertz CT molecular complexity index is 464. The molecule has 6 heteroatoms. The molecule has 0 heterocycles. The number of benzene rings is 1. The number of nitrogens with one attached hydrogen (secondary N) is 1. The van der Waals surface area contributed by atoms with E-state index < -0.39 is 0 Å². The average Bonchev–Trinajstić information content (AvgIpc) is 3.17. The van der Waals surface area contributed by atoms with Crippen molar-refractivity contribution in [3.63, 3.8) is 0 Å². The number of amides is 1. The maximum absolute atomic E-state index is 12.0. The summed E-state index contributed by atoms with van der Waals surface area (Å²) in [5.41, 5.74) is 0.513. The van der Waals surface area contributed by atoms with Gasteiger partial charge in [0, 0.05) is 17.6 Å². The highest BCUT2D eigenvalue weighted by molar-refractivity contribution is 6.35. The first-order valence-electron chi connectivity index (χ1n) is 6.20. The molecule has 1 amide bonds. The molecule has 2 rings (SSSR count). The van der Waals surface area contributed by atoms with Crippen molar-refractivity contribution in [2.75, 3.05) is 25.0 Å². The fourth-order valence-corrected chi connectivity index (χ4v) is 2.26. The summed E-state index contributed by atoms with van der Waals surface area (Å²) in [6.45, 7) is 0.830. The quantitative estimate of drug-likeness (QED) is 0.848. The molecule has 1 aliphatic carbocycles. The standard InChI is InChI=1S/C13H16Cl2N2O2/c14-9-1-4-11(15)12(7-9)16-13(19)8-17(5-6-18)10-2-3-10/h1,4,7,10,18H,2-3,5-6,8H2,(H,16,19). The molecule has 0 spiro atoms. The summed E-state index contributed by atoms with van der Waals surface area (Å²) in [7, 11) is 0. The summed E-state index contributed by atoms with van der Waals surface area (Å²) in [6, 6.07) is 5.36. The highest BCUT2D eigenvalue weighted by Gasteiger charge is 2.29. The van der Waals surface area contributed by atoms with E-state index in [9.17, 15) is 4.79 Å². The van der Waals surface area contributed by atoms with Gasteiger partial charge in [0.1, 0.15) is 0 Å². The van der Waals surface area contributed by atoms with E-state index in [2.05, 4.69) is 5.32 Å². The molecular formula is C13H16Cl2N2O2. The summed E-state index contributed by atoms with van der Waals surface area (Å²) < 4.78 is 0. The summed E-state index contributed by atoms with van der Waals surface area (Å²) in [6.07, 6.45) is 2.18. The van der Waals surface area contributed by atoms with Gasteiger partial charge in [-0.25, -0.2) is 0 Å². The number of aliphatic hydroxyl groups excluding tert-OH is 1. The van der Waals surface area contributed by atoms with Gasteiger partial charge >= 0.3 is 0 Å². The maximum atomic E-state index is 12.0. The molecular weight excluding hydrogens is 287 g/mol. The van der Waals surface area contributed by atoms with Crippen LogP contribution in [0.5, 0.6) is 0 Å². The third-order valence-electron chi connectivity index (χ3n) is 3.00. The van der Waals surface area contributed by atoms with Crippen LogP contribution in [0, 0.1) is 0 Å². The van der Waals surface area contributed by atoms with Crippen molar-refractivity contribution >= 4 is 34.8 Å². The van der Waals surface area contributed by atoms with E-state index in [0.717, 1.165) is 12.8 Å². The number of aliphatic hydroxyl groups is 1. The number of hydrogen-bond acceptors (Lipinski definition) is 3. The van der Waals surface area contributed by atoms with Crippen molar-refractivity contribution < 1.29 is 9.90 Å². The van der Waals surface area contributed by atoms with Gasteiger partial charge in [0.2, 0.25) is 5.91 Å². The summed E-state index contributed by atoms with van der Waals surface area (Å²) in [4.78, 5) is 13.9. The minimum absolute atomic E-state index is 0.0572. The van der Waals surface area contributed by atoms with Gasteiger partial charge in [-0.2, -0.15) is 0 Å². The van der Waals surface area contributed by atoms with Crippen molar-refractivity contribution in [1.82, 2.24) is 4.90 Å². The first-order valence-corrected chi connectivity index (χ1v) is 6.95. The van der Waals surface area contributed by atoms with E-state index in [0.29, 0.717) is 28.3 Å². The van der Waals surface area contributed by atoms with Gasteiger partial charge in [0.05, 0.1) is 23.9 Å². The topological polar surface area (TPSA) is 52.6 Å². The van der Waals surface area contributed by atoms with Crippen molar-refractivity contribution in [2.45, 2.75) is 18.9 Å². The molecule has 0 aromatic heterocycles. The summed E-state index contributed by atoms with van der Waals surface area (Å²) in [5.74, 6) is -0.149. The van der Waals surface area contributed by atoms with Crippen LogP contribution >= 0.6 is 23.2 Å². The lowest BCUT2D eigenvalue weighted by molar-refractivity contribution is -0.117. The molecule has 1 saturated carbocycles. The number of carbonyl (C=O) groups is 1. The summed E-state index contributed by atoms with van der Waals surface area (Å²) >= 11 is 11.8. The first-order chi connectivity index (χ1) is 9.10. The van der Waals surface area contributed by atoms with Crippen LogP contribution < -0.4 is 5.32 Å². The Morgan fingerprint density at radius 3 is 2.79 bits per heavy atom. The molecule has 0 bridgehead atoms. The lowest BCUT2D eigenvalue weighted by atomic mass is 10.3. The van der Waals surface area contributed by atoms with Gasteiger partial charge in [-0.3, -0.25) is 9.69 Å². The lowest BCUT2D eigenvalue weighted by Crippen LogP contribution is -2.36. The van der Waals surface area contributed by atoms with Gasteiger partial charge in [0.15, 0.2) is 0 Å². The molecule has 0 unspecified atom stereocenters. The van der Waals surface area contributed by atoms with E-state index >= 15 is 0 Å². The molecule has 2 N–H and O–H groups in total. The molecule has 0 atom stereocenters. The summed E-state index contributed by atoms with van der Waals surface area (Å²) in [5, 5.41) is 12.7. The zero-order valence-electron chi connectivity index (χ0n) is 10.4. The zero-order valence-corrected chi connectivity index (χ0v) is 11.9. The van der Waals surface area contributed by atoms with Crippen molar-refractivity contribution in [1.29, 1.82) is 0 Å². The first kappa shape index (κ1) is 14.6. The Morgan fingerprint density at radius 1 is 1.42 bits per heavy atom. The second-order valence-electron chi connectivity index (χ2n) is 4.60. The van der Waals surface area contributed by atoms with Gasteiger partial charge in [-0.1, -0.05) is 23.2 Å². The van der Waals surface area contributed by atoms with Crippen LogP contribution in [-0.4, -0.2) is 41.7 Å². The lowest BCUT2D eigenvalue weighted by Gasteiger charge is -2.20. The normalized spacial score (nSPS) is 14.7. The van der Waals surface area contributed by atoms with E-state index in [4.69, 9.17) is 28.3 Å². The van der Waals surface area contributed by atoms with Crippen molar-refractivity contribution in [3.8, 4) is 0 Å². The maximum Gasteiger partial charge on any atom is 0.238 e. The highest BCUT2D eigenvalue weighted by Crippen LogP contribution is 2.27. The van der Waals surface area contributed by atoms with E-state index in [-0.39, 0.29) is 19.1 Å². The number of hydrogen-bond donors (Lipinski definition) is 2. The zero-order chi connectivity index (χ0) is 13.8. The van der Waals surface area contributed by atoms with Gasteiger partial charge in [-0.15, -0.1) is 0 Å². The van der Waals surface area contributed by atoms with E-state index in [1.165, 1.54) is 0 Å². The van der Waals surface area contributed by atoms with Crippen LogP contribution in [0.4, 0.5) is 5.69 Å². The fraction of sp³-hybridized carbons (Fsp3) is 0.462. The molecule has 104 valence electrons. The Morgan fingerprint density at radius 2 is 2.16 bits per heavy atom. The Kier molecular flexibility index (Phi) is 5.05. The van der Waals surface area contributed by atoms with Gasteiger partial charge in [0.25, 0.3) is 0 Å². The van der Waals surface area contributed by atoms with Crippen LogP contribution in [0.15, 0.2) is 18.2 Å². The molecule has 0 saturated heterocycles. The van der Waals surface area contributed by atoms with Crippen molar-refractivity contribution in [2.24, 2.45) is 0 Å². The smallest absolute Gasteiger partial charge is 0.238 e.